The number of aromatic nitrogens is 1. The number of benzene rings is 1. The molecule has 1 heterocycles. The maximum atomic E-state index is 11.2. The van der Waals surface area contributed by atoms with Gasteiger partial charge in [0, 0.05) is 17.1 Å². The average Bonchev–Trinajstić information content (AvgIpc) is 2.67. The lowest BCUT2D eigenvalue weighted by molar-refractivity contribution is -0.139. The first kappa shape index (κ1) is 11.3. The van der Waals surface area contributed by atoms with E-state index in [4.69, 9.17) is 23.2 Å². The number of carbonyl (C=O) groups excluding carboxylic acids is 1. The fraction of sp³-hybridized carbons (Fsp3) is 0.182. The summed E-state index contributed by atoms with van der Waals surface area (Å²) in [6, 6.07) is 3.54. The van der Waals surface area contributed by atoms with Crippen molar-refractivity contribution >= 4 is 40.1 Å². The van der Waals surface area contributed by atoms with Crippen LogP contribution in [0, 0.1) is 0 Å². The minimum Gasteiger partial charge on any atom is -0.469 e. The molecule has 0 unspecified atom stereocenters. The maximum absolute atomic E-state index is 11.2. The van der Waals surface area contributed by atoms with Gasteiger partial charge in [0.25, 0.3) is 0 Å². The fourth-order valence-corrected chi connectivity index (χ4v) is 2.03. The minimum absolute atomic E-state index is 0.177. The number of fused-ring (bicyclic) bond motifs is 1. The number of methoxy groups -OCH3 is 1. The summed E-state index contributed by atoms with van der Waals surface area (Å²) in [6.07, 6.45) is 1.92. The molecule has 3 nitrogen and oxygen atoms in total. The van der Waals surface area contributed by atoms with Crippen molar-refractivity contribution in [1.29, 1.82) is 0 Å². The van der Waals surface area contributed by atoms with E-state index in [0.717, 1.165) is 16.5 Å². The van der Waals surface area contributed by atoms with Gasteiger partial charge in [0.1, 0.15) is 0 Å². The summed E-state index contributed by atoms with van der Waals surface area (Å²) in [5.74, 6) is -0.308. The van der Waals surface area contributed by atoms with Gasteiger partial charge in [-0.25, -0.2) is 0 Å². The quantitative estimate of drug-likeness (QED) is 0.840. The van der Waals surface area contributed by atoms with Gasteiger partial charge in [-0.2, -0.15) is 0 Å². The van der Waals surface area contributed by atoms with E-state index in [9.17, 15) is 4.79 Å². The number of nitrogens with one attached hydrogen (secondary N) is 1. The Bertz CT molecular complexity index is 548. The van der Waals surface area contributed by atoms with Gasteiger partial charge >= 0.3 is 5.97 Å². The topological polar surface area (TPSA) is 42.1 Å². The van der Waals surface area contributed by atoms with Crippen molar-refractivity contribution in [1.82, 2.24) is 4.98 Å². The molecule has 0 fully saturated rings. The summed E-state index contributed by atoms with van der Waals surface area (Å²) < 4.78 is 4.61. The highest BCUT2D eigenvalue weighted by Gasteiger charge is 2.13. The van der Waals surface area contributed by atoms with Crippen molar-refractivity contribution in [3.63, 3.8) is 0 Å². The van der Waals surface area contributed by atoms with Crippen LogP contribution in [0.25, 0.3) is 10.9 Å². The van der Waals surface area contributed by atoms with Crippen LogP contribution in [-0.2, 0) is 16.0 Å². The fourth-order valence-electron chi connectivity index (χ4n) is 1.59. The first-order valence-corrected chi connectivity index (χ1v) is 5.40. The maximum Gasteiger partial charge on any atom is 0.310 e. The van der Waals surface area contributed by atoms with Crippen LogP contribution in [0.1, 0.15) is 5.56 Å². The number of carbonyl (C=O) groups is 1. The third kappa shape index (κ3) is 1.88. The van der Waals surface area contributed by atoms with Crippen LogP contribution >= 0.6 is 23.2 Å². The Labute approximate surface area is 102 Å². The minimum atomic E-state index is -0.308. The monoisotopic (exact) mass is 257 g/mol. The van der Waals surface area contributed by atoms with Crippen molar-refractivity contribution in [3.05, 3.63) is 33.9 Å². The molecule has 1 aromatic heterocycles. The van der Waals surface area contributed by atoms with E-state index in [1.165, 1.54) is 7.11 Å². The van der Waals surface area contributed by atoms with Gasteiger partial charge in [-0.15, -0.1) is 0 Å². The summed E-state index contributed by atoms with van der Waals surface area (Å²) >= 11 is 12.0. The van der Waals surface area contributed by atoms with Gasteiger partial charge in [-0.3, -0.25) is 4.79 Å². The molecule has 16 heavy (non-hydrogen) atoms. The molecule has 0 aliphatic rings. The summed E-state index contributed by atoms with van der Waals surface area (Å²) in [5, 5.41) is 1.71. The molecule has 0 atom stereocenters. The summed E-state index contributed by atoms with van der Waals surface area (Å²) in [5.41, 5.74) is 1.64. The molecule has 0 aliphatic heterocycles. The van der Waals surface area contributed by atoms with E-state index in [0.29, 0.717) is 10.0 Å². The zero-order valence-corrected chi connectivity index (χ0v) is 10.0. The lowest BCUT2D eigenvalue weighted by atomic mass is 10.1. The number of esters is 1. The Kier molecular flexibility index (Phi) is 3.08. The van der Waals surface area contributed by atoms with Crippen molar-refractivity contribution in [2.45, 2.75) is 6.42 Å². The molecular formula is C11H9Cl2NO2. The second-order valence-electron chi connectivity index (χ2n) is 3.35. The molecule has 0 saturated heterocycles. The van der Waals surface area contributed by atoms with Gasteiger partial charge in [-0.05, 0) is 17.7 Å². The molecule has 0 bridgehead atoms. The van der Waals surface area contributed by atoms with E-state index in [1.807, 2.05) is 6.07 Å². The Hall–Kier alpha value is -1.19. The van der Waals surface area contributed by atoms with Crippen molar-refractivity contribution in [3.8, 4) is 0 Å². The first-order valence-electron chi connectivity index (χ1n) is 4.64. The molecule has 1 aromatic carbocycles. The molecule has 0 amide bonds. The molecule has 2 aromatic rings. The summed E-state index contributed by atoms with van der Waals surface area (Å²) in [4.78, 5) is 14.2. The number of rotatable bonds is 2. The van der Waals surface area contributed by atoms with Crippen LogP contribution in [0.2, 0.25) is 10.0 Å². The van der Waals surface area contributed by atoms with Crippen molar-refractivity contribution < 1.29 is 9.53 Å². The number of aromatic amines is 1. The smallest absolute Gasteiger partial charge is 0.310 e. The third-order valence-electron chi connectivity index (χ3n) is 2.38. The van der Waals surface area contributed by atoms with Crippen LogP contribution in [0.5, 0.6) is 0 Å². The molecule has 0 aliphatic carbocycles. The van der Waals surface area contributed by atoms with E-state index in [1.54, 1.807) is 12.3 Å². The van der Waals surface area contributed by atoms with Crippen LogP contribution in [0.15, 0.2) is 18.3 Å². The summed E-state index contributed by atoms with van der Waals surface area (Å²) in [7, 11) is 1.35. The Morgan fingerprint density at radius 3 is 2.88 bits per heavy atom. The molecule has 2 rings (SSSR count). The van der Waals surface area contributed by atoms with Crippen LogP contribution < -0.4 is 0 Å². The Balaban J connectivity index is 2.54. The van der Waals surface area contributed by atoms with Crippen LogP contribution in [-0.4, -0.2) is 18.1 Å². The Morgan fingerprint density at radius 1 is 1.44 bits per heavy atom. The highest BCUT2D eigenvalue weighted by molar-refractivity contribution is 6.45. The summed E-state index contributed by atoms with van der Waals surface area (Å²) in [6.45, 7) is 0. The molecule has 1 N–H and O–H groups in total. The molecule has 5 heteroatoms. The number of ether oxygens (including phenoxy) is 1. The average molecular weight is 258 g/mol. The lowest BCUT2D eigenvalue weighted by Crippen LogP contribution is -2.03. The Morgan fingerprint density at radius 2 is 2.19 bits per heavy atom. The third-order valence-corrected chi connectivity index (χ3v) is 3.18. The molecule has 0 radical (unpaired) electrons. The van der Waals surface area contributed by atoms with Crippen molar-refractivity contribution in [2.24, 2.45) is 0 Å². The lowest BCUT2D eigenvalue weighted by Gasteiger charge is -2.01. The first-order chi connectivity index (χ1) is 7.63. The van der Waals surface area contributed by atoms with E-state index in [2.05, 4.69) is 9.72 Å². The number of halogens is 2. The van der Waals surface area contributed by atoms with Gasteiger partial charge in [0.05, 0.1) is 23.6 Å². The highest BCUT2D eigenvalue weighted by atomic mass is 35.5. The van der Waals surface area contributed by atoms with Gasteiger partial charge in [-0.1, -0.05) is 23.2 Å². The second kappa shape index (κ2) is 4.36. The zero-order chi connectivity index (χ0) is 11.7. The molecule has 0 spiro atoms. The van der Waals surface area contributed by atoms with Crippen LogP contribution in [0.3, 0.4) is 0 Å². The van der Waals surface area contributed by atoms with Gasteiger partial charge in [0.15, 0.2) is 0 Å². The molecule has 0 saturated carbocycles. The number of hydrogen-bond acceptors (Lipinski definition) is 2. The molecule has 84 valence electrons. The standard InChI is InChI=1S/C11H9Cl2NO2/c1-16-9(15)4-6-5-14-8-3-2-7(12)11(13)10(6)8/h2-3,5,14H,4H2,1H3. The van der Waals surface area contributed by atoms with Crippen LogP contribution in [0.4, 0.5) is 0 Å². The zero-order valence-electron chi connectivity index (χ0n) is 8.51. The predicted octanol–water partition coefficient (Wildman–Crippen LogP) is 3.19. The second-order valence-corrected chi connectivity index (χ2v) is 4.14. The van der Waals surface area contributed by atoms with Crippen molar-refractivity contribution in [2.75, 3.05) is 7.11 Å². The normalized spacial score (nSPS) is 10.7. The van der Waals surface area contributed by atoms with E-state index < -0.39 is 0 Å². The predicted molar refractivity (Wildman–Crippen MR) is 64.0 cm³/mol. The molecular weight excluding hydrogens is 249 g/mol. The number of hydrogen-bond donors (Lipinski definition) is 1. The highest BCUT2D eigenvalue weighted by Crippen LogP contribution is 2.33. The van der Waals surface area contributed by atoms with Gasteiger partial charge < -0.3 is 9.72 Å². The SMILES string of the molecule is COC(=O)Cc1c[nH]c2ccc(Cl)c(Cl)c12. The largest absolute Gasteiger partial charge is 0.469 e. The number of H-pyrrole nitrogens is 1. The van der Waals surface area contributed by atoms with E-state index in [-0.39, 0.29) is 12.4 Å². The van der Waals surface area contributed by atoms with E-state index >= 15 is 0 Å². The van der Waals surface area contributed by atoms with Gasteiger partial charge in [0.2, 0.25) is 0 Å².